The Hall–Kier alpha value is -0.770. The Morgan fingerprint density at radius 1 is 1.59 bits per heavy atom. The minimum Gasteiger partial charge on any atom is -0.396 e. The van der Waals surface area contributed by atoms with Crippen LogP contribution in [0, 0.1) is 11.8 Å². The van der Waals surface area contributed by atoms with Crippen molar-refractivity contribution >= 4 is 6.03 Å². The molecule has 2 amide bonds. The van der Waals surface area contributed by atoms with E-state index < -0.39 is 0 Å². The maximum Gasteiger partial charge on any atom is 0.317 e. The van der Waals surface area contributed by atoms with Gasteiger partial charge in [-0.1, -0.05) is 20.3 Å². The third kappa shape index (κ3) is 4.94. The fourth-order valence-corrected chi connectivity index (χ4v) is 2.35. The van der Waals surface area contributed by atoms with E-state index in [1.54, 1.807) is 0 Å². The second kappa shape index (κ2) is 7.54. The molecular weight excluding hydrogens is 216 g/mol. The van der Waals surface area contributed by atoms with E-state index in [0.29, 0.717) is 18.4 Å². The fourth-order valence-electron chi connectivity index (χ4n) is 2.35. The molecule has 4 nitrogen and oxygen atoms in total. The topological polar surface area (TPSA) is 52.6 Å². The van der Waals surface area contributed by atoms with Crippen molar-refractivity contribution in [1.82, 2.24) is 10.2 Å². The number of nitrogens with one attached hydrogen (secondary N) is 1. The summed E-state index contributed by atoms with van der Waals surface area (Å²) in [6.07, 6.45) is 4.11. The summed E-state index contributed by atoms with van der Waals surface area (Å²) in [4.78, 5) is 13.8. The van der Waals surface area contributed by atoms with Gasteiger partial charge in [-0.15, -0.1) is 0 Å². The fraction of sp³-hybridized carbons (Fsp3) is 0.923. The minimum atomic E-state index is 0.0629. The van der Waals surface area contributed by atoms with Gasteiger partial charge in [0.2, 0.25) is 0 Å². The van der Waals surface area contributed by atoms with E-state index in [9.17, 15) is 4.79 Å². The van der Waals surface area contributed by atoms with E-state index >= 15 is 0 Å². The first-order chi connectivity index (χ1) is 8.17. The van der Waals surface area contributed by atoms with E-state index in [1.165, 1.54) is 6.42 Å². The number of piperidine rings is 1. The van der Waals surface area contributed by atoms with Gasteiger partial charge in [0.15, 0.2) is 0 Å². The van der Waals surface area contributed by atoms with E-state index in [4.69, 9.17) is 5.11 Å². The highest BCUT2D eigenvalue weighted by Crippen LogP contribution is 2.15. The van der Waals surface area contributed by atoms with Crippen molar-refractivity contribution in [3.05, 3.63) is 0 Å². The molecule has 0 aliphatic carbocycles. The third-order valence-corrected chi connectivity index (χ3v) is 3.60. The predicted octanol–water partition coefficient (Wildman–Crippen LogP) is 1.84. The Balaban J connectivity index is 2.28. The minimum absolute atomic E-state index is 0.0629. The number of likely N-dealkylation sites (tertiary alicyclic amines) is 1. The summed E-state index contributed by atoms with van der Waals surface area (Å²) in [7, 11) is 0. The molecule has 0 spiro atoms. The molecule has 1 heterocycles. The number of amides is 2. The molecule has 0 saturated carbocycles. The first kappa shape index (κ1) is 14.3. The maximum atomic E-state index is 11.9. The van der Waals surface area contributed by atoms with E-state index in [-0.39, 0.29) is 12.6 Å². The molecule has 2 unspecified atom stereocenters. The summed E-state index contributed by atoms with van der Waals surface area (Å²) in [6, 6.07) is 0.0629. The molecule has 0 aromatic carbocycles. The van der Waals surface area contributed by atoms with Crippen LogP contribution in [0.15, 0.2) is 0 Å². The van der Waals surface area contributed by atoms with Crippen molar-refractivity contribution in [2.24, 2.45) is 11.8 Å². The van der Waals surface area contributed by atoms with Gasteiger partial charge >= 0.3 is 6.03 Å². The number of urea groups is 1. The Morgan fingerprint density at radius 3 is 2.94 bits per heavy atom. The van der Waals surface area contributed by atoms with Gasteiger partial charge in [-0.05, 0) is 31.1 Å². The molecule has 1 aliphatic heterocycles. The number of nitrogens with zero attached hydrogens (tertiary/aromatic N) is 1. The third-order valence-electron chi connectivity index (χ3n) is 3.60. The number of carbonyl (C=O) groups is 1. The van der Waals surface area contributed by atoms with E-state index in [2.05, 4.69) is 19.2 Å². The second-order valence-electron chi connectivity index (χ2n) is 5.17. The molecule has 4 heteroatoms. The number of hydrogen-bond donors (Lipinski definition) is 2. The van der Waals surface area contributed by atoms with Gasteiger partial charge in [0.1, 0.15) is 0 Å². The quantitative estimate of drug-likeness (QED) is 0.773. The molecule has 2 N–H and O–H groups in total. The van der Waals surface area contributed by atoms with Gasteiger partial charge in [0, 0.05) is 26.2 Å². The highest BCUT2D eigenvalue weighted by atomic mass is 16.3. The van der Waals surface area contributed by atoms with Gasteiger partial charge in [-0.3, -0.25) is 0 Å². The highest BCUT2D eigenvalue weighted by molar-refractivity contribution is 5.74. The van der Waals surface area contributed by atoms with Crippen molar-refractivity contribution in [2.45, 2.75) is 39.5 Å². The molecule has 1 saturated heterocycles. The molecule has 100 valence electrons. The number of aliphatic hydroxyl groups is 1. The van der Waals surface area contributed by atoms with Crippen LogP contribution >= 0.6 is 0 Å². The highest BCUT2D eigenvalue weighted by Gasteiger charge is 2.21. The van der Waals surface area contributed by atoms with Crippen LogP contribution in [0.1, 0.15) is 39.5 Å². The van der Waals surface area contributed by atoms with Crippen LogP contribution in [0.4, 0.5) is 4.79 Å². The number of carbonyl (C=O) groups excluding carboxylic acids is 1. The average Bonchev–Trinajstić information content (AvgIpc) is 2.34. The van der Waals surface area contributed by atoms with Gasteiger partial charge < -0.3 is 15.3 Å². The predicted molar refractivity (Wildman–Crippen MR) is 68.9 cm³/mol. The van der Waals surface area contributed by atoms with Crippen LogP contribution in [-0.2, 0) is 0 Å². The lowest BCUT2D eigenvalue weighted by Gasteiger charge is -2.31. The summed E-state index contributed by atoms with van der Waals surface area (Å²) in [5, 5.41) is 11.9. The second-order valence-corrected chi connectivity index (χ2v) is 5.17. The summed E-state index contributed by atoms with van der Waals surface area (Å²) >= 11 is 0. The molecular formula is C13H26N2O2. The number of aliphatic hydroxyl groups excluding tert-OH is 1. The van der Waals surface area contributed by atoms with Crippen LogP contribution < -0.4 is 5.32 Å². The Labute approximate surface area is 104 Å². The molecule has 1 rings (SSSR count). The molecule has 1 aliphatic rings. The molecule has 0 aromatic rings. The lowest BCUT2D eigenvalue weighted by atomic mass is 10.0. The lowest BCUT2D eigenvalue weighted by molar-refractivity contribution is 0.166. The molecule has 0 radical (unpaired) electrons. The zero-order chi connectivity index (χ0) is 12.7. The van der Waals surface area contributed by atoms with Crippen molar-refractivity contribution in [3.8, 4) is 0 Å². The molecule has 2 atom stereocenters. The van der Waals surface area contributed by atoms with Crippen molar-refractivity contribution < 1.29 is 9.90 Å². The van der Waals surface area contributed by atoms with E-state index in [0.717, 1.165) is 32.4 Å². The smallest absolute Gasteiger partial charge is 0.317 e. The summed E-state index contributed by atoms with van der Waals surface area (Å²) in [6.45, 7) is 6.93. The number of rotatable bonds is 5. The van der Waals surface area contributed by atoms with E-state index in [1.807, 2.05) is 4.90 Å². The zero-order valence-electron chi connectivity index (χ0n) is 11.1. The summed E-state index contributed by atoms with van der Waals surface area (Å²) in [5.41, 5.74) is 0. The first-order valence-corrected chi connectivity index (χ1v) is 6.81. The average molecular weight is 242 g/mol. The van der Waals surface area contributed by atoms with Crippen LogP contribution in [0.25, 0.3) is 0 Å². The summed E-state index contributed by atoms with van der Waals surface area (Å²) in [5.74, 6) is 1.01. The van der Waals surface area contributed by atoms with Gasteiger partial charge in [0.05, 0.1) is 0 Å². The SMILES string of the molecule is CCC(CCO)CNC(=O)N1CCCC(C)C1. The molecule has 0 aromatic heterocycles. The molecule has 17 heavy (non-hydrogen) atoms. The summed E-state index contributed by atoms with van der Waals surface area (Å²) < 4.78 is 0. The van der Waals surface area contributed by atoms with Gasteiger partial charge in [0.25, 0.3) is 0 Å². The lowest BCUT2D eigenvalue weighted by Crippen LogP contribution is -2.46. The molecule has 0 bridgehead atoms. The zero-order valence-corrected chi connectivity index (χ0v) is 11.1. The van der Waals surface area contributed by atoms with Crippen molar-refractivity contribution in [3.63, 3.8) is 0 Å². The van der Waals surface area contributed by atoms with Crippen LogP contribution in [-0.4, -0.2) is 42.3 Å². The standard InChI is InChI=1S/C13H26N2O2/c1-3-12(6-8-16)9-14-13(17)15-7-4-5-11(2)10-15/h11-12,16H,3-10H2,1-2H3,(H,14,17). The maximum absolute atomic E-state index is 11.9. The molecule has 1 fully saturated rings. The first-order valence-electron chi connectivity index (χ1n) is 6.81. The number of hydrogen-bond acceptors (Lipinski definition) is 2. The Bertz CT molecular complexity index is 233. The van der Waals surface area contributed by atoms with Crippen LogP contribution in [0.5, 0.6) is 0 Å². The normalized spacial score (nSPS) is 22.3. The largest absolute Gasteiger partial charge is 0.396 e. The van der Waals surface area contributed by atoms with Crippen LogP contribution in [0.2, 0.25) is 0 Å². The monoisotopic (exact) mass is 242 g/mol. The van der Waals surface area contributed by atoms with Gasteiger partial charge in [-0.25, -0.2) is 4.79 Å². The van der Waals surface area contributed by atoms with Crippen molar-refractivity contribution in [1.29, 1.82) is 0 Å². The Morgan fingerprint density at radius 2 is 2.35 bits per heavy atom. The van der Waals surface area contributed by atoms with Crippen molar-refractivity contribution in [2.75, 3.05) is 26.2 Å². The Kier molecular flexibility index (Phi) is 6.34. The van der Waals surface area contributed by atoms with Crippen LogP contribution in [0.3, 0.4) is 0 Å². The van der Waals surface area contributed by atoms with Gasteiger partial charge in [-0.2, -0.15) is 0 Å².